The number of hydrogen-bond acceptors (Lipinski definition) is 7. The van der Waals surface area contributed by atoms with Crippen molar-refractivity contribution in [2.45, 2.75) is 19.9 Å². The van der Waals surface area contributed by atoms with E-state index in [0.29, 0.717) is 22.9 Å². The molecule has 0 radical (unpaired) electrons. The summed E-state index contributed by atoms with van der Waals surface area (Å²) in [5.74, 6) is 2.10. The van der Waals surface area contributed by atoms with Crippen LogP contribution < -0.4 is 11.1 Å². The number of nitrogen functional groups attached to an aromatic ring is 1. The maximum Gasteiger partial charge on any atom is 0.221 e. The van der Waals surface area contributed by atoms with Crippen LogP contribution in [0, 0.1) is 0 Å². The van der Waals surface area contributed by atoms with Crippen LogP contribution in [0.2, 0.25) is 0 Å². The molecule has 0 spiro atoms. The van der Waals surface area contributed by atoms with Gasteiger partial charge >= 0.3 is 0 Å². The fourth-order valence-corrected chi connectivity index (χ4v) is 2.90. The van der Waals surface area contributed by atoms with Crippen molar-refractivity contribution in [2.75, 3.05) is 11.1 Å². The Morgan fingerprint density at radius 2 is 1.59 bits per heavy atom. The monoisotopic (exact) mass is 361 g/mol. The van der Waals surface area contributed by atoms with E-state index in [0.717, 1.165) is 16.9 Å². The standard InChI is InChI=1S/C20H19N5O2/c1-12(2)23-16-11-13(7-8-22-16)17-18(14-5-3-9-26-14)24-20(21)25-19(17)15-6-4-10-27-15/h3-12H,1-2H3,(H,22,23)(H2,21,24,25). The first-order valence-electron chi connectivity index (χ1n) is 8.60. The Labute approximate surface area is 156 Å². The van der Waals surface area contributed by atoms with E-state index in [-0.39, 0.29) is 12.0 Å². The molecule has 4 heterocycles. The zero-order chi connectivity index (χ0) is 18.8. The van der Waals surface area contributed by atoms with Crippen LogP contribution in [-0.2, 0) is 0 Å². The average molecular weight is 361 g/mol. The van der Waals surface area contributed by atoms with Crippen LogP contribution in [-0.4, -0.2) is 21.0 Å². The lowest BCUT2D eigenvalue weighted by molar-refractivity contribution is 0.577. The first kappa shape index (κ1) is 16.8. The summed E-state index contributed by atoms with van der Waals surface area (Å²) in [6.45, 7) is 4.12. The first-order valence-corrected chi connectivity index (χ1v) is 8.60. The van der Waals surface area contributed by atoms with E-state index in [1.54, 1.807) is 18.7 Å². The van der Waals surface area contributed by atoms with Gasteiger partial charge in [0.15, 0.2) is 11.5 Å². The van der Waals surface area contributed by atoms with Crippen molar-refractivity contribution >= 4 is 11.8 Å². The number of nitrogens with zero attached hydrogens (tertiary/aromatic N) is 3. The summed E-state index contributed by atoms with van der Waals surface area (Å²) >= 11 is 0. The SMILES string of the molecule is CC(C)Nc1cc(-c2c(-c3ccco3)nc(N)nc2-c2ccco2)ccn1. The molecule has 136 valence electrons. The second kappa shape index (κ2) is 6.95. The smallest absolute Gasteiger partial charge is 0.221 e. The molecule has 0 saturated heterocycles. The van der Waals surface area contributed by atoms with Gasteiger partial charge < -0.3 is 19.9 Å². The average Bonchev–Trinajstić information content (AvgIpc) is 3.34. The molecule has 0 atom stereocenters. The molecule has 0 aliphatic carbocycles. The molecule has 7 heteroatoms. The number of hydrogen-bond donors (Lipinski definition) is 2. The summed E-state index contributed by atoms with van der Waals surface area (Å²) in [6, 6.07) is 11.4. The second-order valence-electron chi connectivity index (χ2n) is 6.34. The molecule has 4 rings (SSSR count). The van der Waals surface area contributed by atoms with Crippen molar-refractivity contribution < 1.29 is 8.83 Å². The molecule has 0 aromatic carbocycles. The summed E-state index contributed by atoms with van der Waals surface area (Å²) < 4.78 is 11.2. The minimum atomic E-state index is 0.145. The van der Waals surface area contributed by atoms with Crippen molar-refractivity contribution in [3.63, 3.8) is 0 Å². The molecular weight excluding hydrogens is 342 g/mol. The molecule has 4 aromatic rings. The number of nitrogens with two attached hydrogens (primary N) is 1. The van der Waals surface area contributed by atoms with E-state index >= 15 is 0 Å². The highest BCUT2D eigenvalue weighted by Gasteiger charge is 2.21. The molecular formula is C20H19N5O2. The summed E-state index contributed by atoms with van der Waals surface area (Å²) in [7, 11) is 0. The molecule has 0 unspecified atom stereocenters. The fourth-order valence-electron chi connectivity index (χ4n) is 2.90. The molecule has 7 nitrogen and oxygen atoms in total. The second-order valence-corrected chi connectivity index (χ2v) is 6.34. The third kappa shape index (κ3) is 3.39. The van der Waals surface area contributed by atoms with Gasteiger partial charge in [0.2, 0.25) is 5.95 Å². The first-order chi connectivity index (χ1) is 13.1. The Balaban J connectivity index is 1.98. The van der Waals surface area contributed by atoms with Crippen LogP contribution in [0.4, 0.5) is 11.8 Å². The van der Waals surface area contributed by atoms with E-state index < -0.39 is 0 Å². The van der Waals surface area contributed by atoms with Crippen molar-refractivity contribution in [2.24, 2.45) is 0 Å². The lowest BCUT2D eigenvalue weighted by Gasteiger charge is -2.14. The van der Waals surface area contributed by atoms with E-state index in [1.165, 1.54) is 0 Å². The zero-order valence-electron chi connectivity index (χ0n) is 15.0. The highest BCUT2D eigenvalue weighted by atomic mass is 16.3. The number of pyridine rings is 1. The van der Waals surface area contributed by atoms with Gasteiger partial charge in [0, 0.05) is 17.8 Å². The van der Waals surface area contributed by atoms with E-state index in [1.807, 2.05) is 36.4 Å². The Morgan fingerprint density at radius 3 is 2.11 bits per heavy atom. The molecule has 27 heavy (non-hydrogen) atoms. The van der Waals surface area contributed by atoms with Crippen LogP contribution in [0.25, 0.3) is 34.0 Å². The van der Waals surface area contributed by atoms with Gasteiger partial charge in [-0.1, -0.05) is 0 Å². The van der Waals surface area contributed by atoms with Gasteiger partial charge in [-0.15, -0.1) is 0 Å². The van der Waals surface area contributed by atoms with Gasteiger partial charge in [0.25, 0.3) is 0 Å². The predicted molar refractivity (Wildman–Crippen MR) is 104 cm³/mol. The van der Waals surface area contributed by atoms with E-state index in [9.17, 15) is 0 Å². The molecule has 0 fully saturated rings. The predicted octanol–water partition coefficient (Wildman–Crippen LogP) is 4.46. The summed E-state index contributed by atoms with van der Waals surface area (Å²) in [4.78, 5) is 13.3. The lowest BCUT2D eigenvalue weighted by atomic mass is 10.00. The van der Waals surface area contributed by atoms with Gasteiger partial charge in [0.1, 0.15) is 17.2 Å². The Morgan fingerprint density at radius 1 is 0.963 bits per heavy atom. The highest BCUT2D eigenvalue weighted by molar-refractivity contribution is 5.89. The summed E-state index contributed by atoms with van der Waals surface area (Å²) in [5, 5.41) is 3.31. The molecule has 4 aromatic heterocycles. The van der Waals surface area contributed by atoms with Crippen molar-refractivity contribution in [3.8, 4) is 34.0 Å². The molecule has 0 aliphatic heterocycles. The minimum Gasteiger partial charge on any atom is -0.463 e. The number of rotatable bonds is 5. The summed E-state index contributed by atoms with van der Waals surface area (Å²) in [6.07, 6.45) is 4.94. The number of nitrogens with one attached hydrogen (secondary N) is 1. The third-order valence-electron chi connectivity index (χ3n) is 3.92. The number of furan rings is 2. The largest absolute Gasteiger partial charge is 0.463 e. The van der Waals surface area contributed by atoms with Gasteiger partial charge in [0.05, 0.1) is 12.5 Å². The maximum atomic E-state index is 5.98. The Hall–Kier alpha value is -3.61. The van der Waals surface area contributed by atoms with Crippen LogP contribution in [0.3, 0.4) is 0 Å². The highest BCUT2D eigenvalue weighted by Crippen LogP contribution is 2.39. The van der Waals surface area contributed by atoms with Crippen LogP contribution in [0.5, 0.6) is 0 Å². The van der Waals surface area contributed by atoms with Crippen molar-refractivity contribution in [3.05, 3.63) is 55.1 Å². The number of aromatic nitrogens is 3. The molecule has 0 bridgehead atoms. The van der Waals surface area contributed by atoms with E-state index in [4.69, 9.17) is 14.6 Å². The lowest BCUT2D eigenvalue weighted by Crippen LogP contribution is -2.11. The van der Waals surface area contributed by atoms with Gasteiger partial charge in [-0.25, -0.2) is 15.0 Å². The molecule has 0 saturated carbocycles. The van der Waals surface area contributed by atoms with Gasteiger partial charge in [-0.3, -0.25) is 0 Å². The normalized spacial score (nSPS) is 11.1. The summed E-state index contributed by atoms with van der Waals surface area (Å²) in [5.41, 5.74) is 8.83. The molecule has 3 N–H and O–H groups in total. The third-order valence-corrected chi connectivity index (χ3v) is 3.92. The van der Waals surface area contributed by atoms with Crippen molar-refractivity contribution in [1.29, 1.82) is 0 Å². The fraction of sp³-hybridized carbons (Fsp3) is 0.150. The van der Waals surface area contributed by atoms with Gasteiger partial charge in [-0.2, -0.15) is 0 Å². The van der Waals surface area contributed by atoms with Crippen LogP contribution in [0.1, 0.15) is 13.8 Å². The Bertz CT molecular complexity index is 985. The molecule has 0 aliphatic rings. The zero-order valence-corrected chi connectivity index (χ0v) is 15.0. The van der Waals surface area contributed by atoms with Crippen LogP contribution >= 0.6 is 0 Å². The van der Waals surface area contributed by atoms with Crippen LogP contribution in [0.15, 0.2) is 64.0 Å². The maximum absolute atomic E-state index is 5.98. The minimum absolute atomic E-state index is 0.145. The Kier molecular flexibility index (Phi) is 4.33. The molecule has 0 amide bonds. The number of anilines is 2. The topological polar surface area (TPSA) is 103 Å². The van der Waals surface area contributed by atoms with Gasteiger partial charge in [-0.05, 0) is 55.8 Å². The van der Waals surface area contributed by atoms with E-state index in [2.05, 4.69) is 34.1 Å². The van der Waals surface area contributed by atoms with Crippen molar-refractivity contribution in [1.82, 2.24) is 15.0 Å². The quantitative estimate of drug-likeness (QED) is 0.541.